The fraction of sp³-hybridized carbons (Fsp3) is 0.364. The van der Waals surface area contributed by atoms with Gasteiger partial charge in [0.1, 0.15) is 7.11 Å². The fourth-order valence-electron chi connectivity index (χ4n) is 1.18. The van der Waals surface area contributed by atoms with Gasteiger partial charge < -0.3 is 0 Å². The second kappa shape index (κ2) is 3.94. The van der Waals surface area contributed by atoms with Crippen molar-refractivity contribution in [1.29, 1.82) is 0 Å². The molecule has 0 saturated carbocycles. The molecule has 0 spiro atoms. The molecule has 3 nitrogen and oxygen atoms in total. The minimum Gasteiger partial charge on any atom is -0.257 e. The molecule has 0 saturated heterocycles. The van der Waals surface area contributed by atoms with Crippen molar-refractivity contribution in [2.75, 3.05) is 0 Å². The average Bonchev–Trinajstić information content (AvgIpc) is 2.17. The second-order valence-electron chi connectivity index (χ2n) is 4.32. The average molecular weight is 226 g/mol. The van der Waals surface area contributed by atoms with E-state index in [9.17, 15) is 8.42 Å². The van der Waals surface area contributed by atoms with Crippen molar-refractivity contribution in [1.82, 2.24) is 0 Å². The molecule has 15 heavy (non-hydrogen) atoms. The zero-order valence-electron chi connectivity index (χ0n) is 9.02. The van der Waals surface area contributed by atoms with Gasteiger partial charge in [0.25, 0.3) is 10.1 Å². The molecule has 2 radical (unpaired) electrons. The van der Waals surface area contributed by atoms with E-state index in [1.807, 2.05) is 0 Å². The van der Waals surface area contributed by atoms with Crippen LogP contribution in [-0.4, -0.2) is 8.42 Å². The van der Waals surface area contributed by atoms with Crippen molar-refractivity contribution in [3.63, 3.8) is 0 Å². The molecule has 0 atom stereocenters. The summed E-state index contributed by atoms with van der Waals surface area (Å²) >= 11 is 0. The molecule has 82 valence electrons. The van der Waals surface area contributed by atoms with E-state index in [1.54, 1.807) is 12.1 Å². The summed E-state index contributed by atoms with van der Waals surface area (Å²) in [4.78, 5) is 0.0676. The Morgan fingerprint density at radius 3 is 1.93 bits per heavy atom. The van der Waals surface area contributed by atoms with Crippen molar-refractivity contribution in [3.05, 3.63) is 36.9 Å². The molecule has 0 fully saturated rings. The SMILES string of the molecule is [CH]OS(=O)(=O)c1ccc(C(C)(C)C)cc1. The predicted octanol–water partition coefficient (Wildman–Crippen LogP) is 2.36. The van der Waals surface area contributed by atoms with Crippen LogP contribution in [0.2, 0.25) is 0 Å². The van der Waals surface area contributed by atoms with Gasteiger partial charge in [-0.1, -0.05) is 32.9 Å². The van der Waals surface area contributed by atoms with E-state index in [4.69, 9.17) is 0 Å². The maximum Gasteiger partial charge on any atom is 0.297 e. The van der Waals surface area contributed by atoms with Gasteiger partial charge in [-0.3, -0.25) is 4.18 Å². The Bertz CT molecular complexity index is 424. The summed E-state index contributed by atoms with van der Waals surface area (Å²) in [6.45, 7) is 6.15. The topological polar surface area (TPSA) is 43.4 Å². The zero-order chi connectivity index (χ0) is 11.7. The van der Waals surface area contributed by atoms with Gasteiger partial charge in [-0.15, -0.1) is 0 Å². The highest BCUT2D eigenvalue weighted by Gasteiger charge is 2.16. The van der Waals surface area contributed by atoms with Gasteiger partial charge in [0.15, 0.2) is 0 Å². The summed E-state index contributed by atoms with van der Waals surface area (Å²) < 4.78 is 26.4. The molecular formula is C11H14O3S. The van der Waals surface area contributed by atoms with Crippen LogP contribution >= 0.6 is 0 Å². The Balaban J connectivity index is 3.12. The maximum atomic E-state index is 11.2. The van der Waals surface area contributed by atoms with Gasteiger partial charge in [-0.25, -0.2) is 0 Å². The molecule has 0 bridgehead atoms. The van der Waals surface area contributed by atoms with Crippen molar-refractivity contribution >= 4 is 10.1 Å². The predicted molar refractivity (Wildman–Crippen MR) is 57.7 cm³/mol. The van der Waals surface area contributed by atoms with Crippen molar-refractivity contribution in [3.8, 4) is 0 Å². The zero-order valence-corrected chi connectivity index (χ0v) is 9.84. The summed E-state index contributed by atoms with van der Waals surface area (Å²) in [7, 11) is 0.892. The third-order valence-electron chi connectivity index (χ3n) is 2.14. The van der Waals surface area contributed by atoms with Crippen molar-refractivity contribution in [2.45, 2.75) is 31.1 Å². The highest BCUT2D eigenvalue weighted by Crippen LogP contribution is 2.23. The highest BCUT2D eigenvalue weighted by atomic mass is 32.2. The molecule has 0 amide bonds. The molecule has 1 aromatic carbocycles. The van der Waals surface area contributed by atoms with Gasteiger partial charge in [-0.05, 0) is 23.1 Å². The first-order valence-corrected chi connectivity index (χ1v) is 5.92. The Hall–Kier alpha value is -0.870. The Morgan fingerprint density at radius 1 is 1.13 bits per heavy atom. The largest absolute Gasteiger partial charge is 0.297 e. The van der Waals surface area contributed by atoms with Crippen LogP contribution < -0.4 is 0 Å². The normalized spacial score (nSPS) is 12.8. The Kier molecular flexibility index (Phi) is 3.21. The first-order valence-electron chi connectivity index (χ1n) is 4.51. The third-order valence-corrected chi connectivity index (χ3v) is 3.24. The van der Waals surface area contributed by atoms with Crippen molar-refractivity contribution < 1.29 is 12.6 Å². The van der Waals surface area contributed by atoms with Crippen LogP contribution in [0, 0.1) is 7.11 Å². The van der Waals surface area contributed by atoms with E-state index in [1.165, 1.54) is 12.1 Å². The van der Waals surface area contributed by atoms with Gasteiger partial charge in [0, 0.05) is 0 Å². The van der Waals surface area contributed by atoms with Gasteiger partial charge in [0.05, 0.1) is 4.90 Å². The highest BCUT2D eigenvalue weighted by molar-refractivity contribution is 7.86. The summed E-state index contributed by atoms with van der Waals surface area (Å²) in [5.74, 6) is 0. The quantitative estimate of drug-likeness (QED) is 0.727. The number of rotatable bonds is 2. The Morgan fingerprint density at radius 2 is 1.60 bits per heavy atom. The number of hydrogen-bond donors (Lipinski definition) is 0. The first-order chi connectivity index (χ1) is 6.77. The molecular weight excluding hydrogens is 212 g/mol. The fourth-order valence-corrected chi connectivity index (χ4v) is 1.76. The molecule has 0 aliphatic heterocycles. The number of hydrogen-bond acceptors (Lipinski definition) is 3. The monoisotopic (exact) mass is 226 g/mol. The van der Waals surface area contributed by atoms with Crippen LogP contribution in [0.15, 0.2) is 29.2 Å². The molecule has 0 heterocycles. The molecule has 0 aliphatic carbocycles. The Labute approximate surface area is 91.2 Å². The minimum absolute atomic E-state index is 0.00807. The van der Waals surface area contributed by atoms with Crippen LogP contribution in [0.3, 0.4) is 0 Å². The van der Waals surface area contributed by atoms with Gasteiger partial charge in [-0.2, -0.15) is 8.42 Å². The molecule has 0 aliphatic rings. The van der Waals surface area contributed by atoms with E-state index in [0.29, 0.717) is 0 Å². The first kappa shape index (κ1) is 12.2. The molecule has 0 aromatic heterocycles. The van der Waals surface area contributed by atoms with E-state index in [0.717, 1.165) is 5.56 Å². The second-order valence-corrected chi connectivity index (χ2v) is 5.90. The number of benzene rings is 1. The van der Waals surface area contributed by atoms with E-state index >= 15 is 0 Å². The lowest BCUT2D eigenvalue weighted by Gasteiger charge is -2.18. The lowest BCUT2D eigenvalue weighted by atomic mass is 9.87. The van der Waals surface area contributed by atoms with Crippen LogP contribution in [0.25, 0.3) is 0 Å². The minimum atomic E-state index is -3.78. The van der Waals surface area contributed by atoms with E-state index < -0.39 is 10.1 Å². The van der Waals surface area contributed by atoms with E-state index in [2.05, 4.69) is 32.1 Å². The molecule has 0 unspecified atom stereocenters. The molecule has 1 rings (SSSR count). The summed E-state index contributed by atoms with van der Waals surface area (Å²) in [6.07, 6.45) is 0. The lowest BCUT2D eigenvalue weighted by molar-refractivity contribution is 0.438. The molecule has 1 aromatic rings. The summed E-state index contributed by atoms with van der Waals surface area (Å²) in [5, 5.41) is 0. The van der Waals surface area contributed by atoms with Gasteiger partial charge >= 0.3 is 0 Å². The molecule has 0 N–H and O–H groups in total. The van der Waals surface area contributed by atoms with Crippen LogP contribution in [0.1, 0.15) is 26.3 Å². The summed E-state index contributed by atoms with van der Waals surface area (Å²) in [6, 6.07) is 6.49. The van der Waals surface area contributed by atoms with Crippen LogP contribution in [0.5, 0.6) is 0 Å². The standard InChI is InChI=1S/C11H14O3S/c1-11(2,3)9-5-7-10(8-6-9)15(12,13)14-4/h4-8H,1-3H3. The lowest BCUT2D eigenvalue weighted by Crippen LogP contribution is -2.11. The smallest absolute Gasteiger partial charge is 0.257 e. The summed E-state index contributed by atoms with van der Waals surface area (Å²) in [5.41, 5.74) is 1.05. The van der Waals surface area contributed by atoms with E-state index in [-0.39, 0.29) is 10.3 Å². The van der Waals surface area contributed by atoms with Crippen LogP contribution in [0.4, 0.5) is 0 Å². The molecule has 4 heteroatoms. The maximum absolute atomic E-state index is 11.2. The third kappa shape index (κ3) is 2.79. The van der Waals surface area contributed by atoms with Gasteiger partial charge in [0.2, 0.25) is 0 Å². The van der Waals surface area contributed by atoms with Crippen LogP contribution in [-0.2, 0) is 19.7 Å². The van der Waals surface area contributed by atoms with Crippen molar-refractivity contribution in [2.24, 2.45) is 0 Å².